The van der Waals surface area contributed by atoms with E-state index < -0.39 is 11.8 Å². The van der Waals surface area contributed by atoms with E-state index in [-0.39, 0.29) is 23.0 Å². The van der Waals surface area contributed by atoms with E-state index in [9.17, 15) is 9.59 Å². The molecule has 0 spiro atoms. The average molecular weight is 249 g/mol. The van der Waals surface area contributed by atoms with Crippen LogP contribution in [0, 0.1) is 0 Å². The summed E-state index contributed by atoms with van der Waals surface area (Å²) in [5.74, 6) is -1.09. The van der Waals surface area contributed by atoms with Crippen molar-refractivity contribution in [1.82, 2.24) is 4.98 Å². The number of pyridine rings is 1. The summed E-state index contributed by atoms with van der Waals surface area (Å²) in [5, 5.41) is 0. The molecule has 4 N–H and O–H groups in total. The fraction of sp³-hybridized carbons (Fsp3) is 0.462. The molecule has 0 saturated carbocycles. The van der Waals surface area contributed by atoms with Crippen LogP contribution in [0.2, 0.25) is 0 Å². The van der Waals surface area contributed by atoms with Gasteiger partial charge >= 0.3 is 0 Å². The van der Waals surface area contributed by atoms with Crippen molar-refractivity contribution in [3.8, 4) is 0 Å². The van der Waals surface area contributed by atoms with Gasteiger partial charge in [-0.1, -0.05) is 27.7 Å². The van der Waals surface area contributed by atoms with Gasteiger partial charge in [0.2, 0.25) is 0 Å². The minimum absolute atomic E-state index is 0.0481. The third-order valence-corrected chi connectivity index (χ3v) is 2.71. The van der Waals surface area contributed by atoms with Crippen molar-refractivity contribution in [3.05, 3.63) is 28.6 Å². The molecule has 2 amide bonds. The van der Waals surface area contributed by atoms with Crippen molar-refractivity contribution in [2.24, 2.45) is 11.5 Å². The van der Waals surface area contributed by atoms with Crippen LogP contribution >= 0.6 is 0 Å². The van der Waals surface area contributed by atoms with Crippen molar-refractivity contribution in [1.29, 1.82) is 0 Å². The Morgan fingerprint density at radius 3 is 1.50 bits per heavy atom. The summed E-state index contributed by atoms with van der Waals surface area (Å²) in [4.78, 5) is 27.2. The summed E-state index contributed by atoms with van der Waals surface area (Å²) >= 11 is 0. The summed E-state index contributed by atoms with van der Waals surface area (Å²) in [7, 11) is 0. The van der Waals surface area contributed by atoms with E-state index in [4.69, 9.17) is 11.5 Å². The highest BCUT2D eigenvalue weighted by Gasteiger charge is 2.21. The molecule has 0 aromatic carbocycles. The molecule has 0 aliphatic carbocycles. The Hall–Kier alpha value is -1.91. The van der Waals surface area contributed by atoms with E-state index in [2.05, 4.69) is 4.98 Å². The maximum Gasteiger partial charge on any atom is 0.250 e. The number of primary amides is 2. The van der Waals surface area contributed by atoms with E-state index in [1.165, 1.54) is 6.07 Å². The first-order chi connectivity index (χ1) is 8.25. The van der Waals surface area contributed by atoms with Gasteiger partial charge in [-0.25, -0.2) is 0 Å². The Morgan fingerprint density at radius 2 is 1.28 bits per heavy atom. The lowest BCUT2D eigenvalue weighted by Crippen LogP contribution is -2.22. The minimum atomic E-state index is -0.594. The molecule has 0 atom stereocenters. The number of nitrogens with two attached hydrogens (primary N) is 2. The molecule has 0 saturated heterocycles. The molecule has 1 aromatic heterocycles. The number of amides is 2. The highest BCUT2D eigenvalue weighted by Crippen LogP contribution is 2.24. The zero-order valence-electron chi connectivity index (χ0n) is 11.2. The number of carbonyl (C=O) groups excluding carboxylic acids is 2. The lowest BCUT2D eigenvalue weighted by Gasteiger charge is -2.16. The minimum Gasteiger partial charge on any atom is -0.366 e. The molecule has 5 heteroatoms. The van der Waals surface area contributed by atoms with E-state index in [0.717, 1.165) is 0 Å². The second kappa shape index (κ2) is 5.16. The van der Waals surface area contributed by atoms with Crippen molar-refractivity contribution in [2.45, 2.75) is 39.5 Å². The topological polar surface area (TPSA) is 99.1 Å². The van der Waals surface area contributed by atoms with Crippen molar-refractivity contribution in [2.75, 3.05) is 0 Å². The molecule has 0 radical (unpaired) electrons. The van der Waals surface area contributed by atoms with Gasteiger partial charge in [0.25, 0.3) is 11.8 Å². The van der Waals surface area contributed by atoms with E-state index in [1.54, 1.807) is 0 Å². The fourth-order valence-corrected chi connectivity index (χ4v) is 1.82. The van der Waals surface area contributed by atoms with Crippen LogP contribution < -0.4 is 11.5 Å². The summed E-state index contributed by atoms with van der Waals surface area (Å²) in [5.41, 5.74) is 12.4. The number of rotatable bonds is 4. The third-order valence-electron chi connectivity index (χ3n) is 2.71. The van der Waals surface area contributed by atoms with Crippen molar-refractivity contribution >= 4 is 11.8 Å². The zero-order chi connectivity index (χ0) is 14.0. The van der Waals surface area contributed by atoms with Gasteiger partial charge in [0.15, 0.2) is 0 Å². The highest BCUT2D eigenvalue weighted by atomic mass is 16.1. The van der Waals surface area contributed by atoms with Crippen molar-refractivity contribution in [3.63, 3.8) is 0 Å². The van der Waals surface area contributed by atoms with Crippen LogP contribution in [-0.4, -0.2) is 16.8 Å². The first-order valence-electron chi connectivity index (χ1n) is 5.90. The maximum absolute atomic E-state index is 11.4. The van der Waals surface area contributed by atoms with Crippen LogP contribution in [0.25, 0.3) is 0 Å². The second-order valence-electron chi connectivity index (χ2n) is 4.89. The molecule has 1 rings (SSSR count). The summed E-state index contributed by atoms with van der Waals surface area (Å²) in [6.07, 6.45) is 0. The lowest BCUT2D eigenvalue weighted by atomic mass is 9.96. The normalized spacial score (nSPS) is 11.0. The number of aromatic nitrogens is 1. The quantitative estimate of drug-likeness (QED) is 0.846. The Morgan fingerprint density at radius 1 is 0.944 bits per heavy atom. The molecule has 0 aliphatic heterocycles. The molecule has 1 aromatic rings. The van der Waals surface area contributed by atoms with Crippen LogP contribution in [-0.2, 0) is 0 Å². The second-order valence-corrected chi connectivity index (χ2v) is 4.89. The van der Waals surface area contributed by atoms with E-state index in [0.29, 0.717) is 11.4 Å². The third kappa shape index (κ3) is 2.67. The molecule has 98 valence electrons. The first kappa shape index (κ1) is 14.2. The monoisotopic (exact) mass is 249 g/mol. The van der Waals surface area contributed by atoms with Gasteiger partial charge < -0.3 is 11.5 Å². The molecule has 0 fully saturated rings. The Balaban J connectivity index is 3.60. The number of carbonyl (C=O) groups is 2. The largest absolute Gasteiger partial charge is 0.366 e. The Labute approximate surface area is 107 Å². The maximum atomic E-state index is 11.4. The Bertz CT molecular complexity index is 452. The molecule has 1 heterocycles. The summed E-state index contributed by atoms with van der Waals surface area (Å²) in [6, 6.07) is 1.46. The molecular formula is C13H19N3O2. The van der Waals surface area contributed by atoms with Gasteiger partial charge in [-0.05, 0) is 17.9 Å². The number of hydrogen-bond acceptors (Lipinski definition) is 3. The smallest absolute Gasteiger partial charge is 0.250 e. The number of hydrogen-bond donors (Lipinski definition) is 2. The van der Waals surface area contributed by atoms with Crippen LogP contribution in [0.4, 0.5) is 0 Å². The molecular weight excluding hydrogens is 230 g/mol. The van der Waals surface area contributed by atoms with Gasteiger partial charge in [0.1, 0.15) is 0 Å². The van der Waals surface area contributed by atoms with Crippen LogP contribution in [0.1, 0.15) is 71.6 Å². The van der Waals surface area contributed by atoms with E-state index >= 15 is 0 Å². The van der Waals surface area contributed by atoms with Crippen molar-refractivity contribution < 1.29 is 9.59 Å². The predicted molar refractivity (Wildman–Crippen MR) is 69.5 cm³/mol. The van der Waals surface area contributed by atoms with Crippen LogP contribution in [0.5, 0.6) is 0 Å². The molecule has 0 aliphatic rings. The first-order valence-corrected chi connectivity index (χ1v) is 5.90. The van der Waals surface area contributed by atoms with Crippen LogP contribution in [0.3, 0.4) is 0 Å². The molecule has 5 nitrogen and oxygen atoms in total. The van der Waals surface area contributed by atoms with Crippen LogP contribution in [0.15, 0.2) is 6.07 Å². The van der Waals surface area contributed by atoms with Gasteiger partial charge in [-0.2, -0.15) is 0 Å². The standard InChI is InChI=1S/C13H19N3O2/c1-6(2)10-8(12(14)17)5-9(13(15)18)11(16-10)7(3)4/h5-7H,1-4H3,(H2,14,17)(H2,15,18). The summed E-state index contributed by atoms with van der Waals surface area (Å²) < 4.78 is 0. The molecule has 0 unspecified atom stereocenters. The molecule has 0 bridgehead atoms. The van der Waals surface area contributed by atoms with Gasteiger partial charge in [0.05, 0.1) is 22.5 Å². The summed E-state index contributed by atoms with van der Waals surface area (Å²) in [6.45, 7) is 7.68. The Kier molecular flexibility index (Phi) is 4.06. The number of nitrogens with zero attached hydrogens (tertiary/aromatic N) is 1. The van der Waals surface area contributed by atoms with Gasteiger partial charge in [-0.15, -0.1) is 0 Å². The average Bonchev–Trinajstić information content (AvgIpc) is 2.26. The van der Waals surface area contributed by atoms with E-state index in [1.807, 2.05) is 27.7 Å². The van der Waals surface area contributed by atoms with Gasteiger partial charge in [0, 0.05) is 0 Å². The van der Waals surface area contributed by atoms with Gasteiger partial charge in [-0.3, -0.25) is 14.6 Å². The fourth-order valence-electron chi connectivity index (χ4n) is 1.82. The highest BCUT2D eigenvalue weighted by molar-refractivity contribution is 5.99. The predicted octanol–water partition coefficient (Wildman–Crippen LogP) is 1.53. The zero-order valence-corrected chi connectivity index (χ0v) is 11.2. The molecule has 18 heavy (non-hydrogen) atoms. The SMILES string of the molecule is CC(C)c1nc(C(C)C)c(C(N)=O)cc1C(N)=O. The lowest BCUT2D eigenvalue weighted by molar-refractivity contribution is 0.0998.